The van der Waals surface area contributed by atoms with Gasteiger partial charge in [0.15, 0.2) is 5.65 Å². The van der Waals surface area contributed by atoms with Gasteiger partial charge in [-0.2, -0.15) is 0 Å². The van der Waals surface area contributed by atoms with Gasteiger partial charge in [-0.1, -0.05) is 56.0 Å². The fraction of sp³-hybridized carbons (Fsp3) is 0.115. The molecule has 0 aliphatic heterocycles. The molecular weight excluding hydrogens is 384 g/mol. The van der Waals surface area contributed by atoms with Crippen molar-refractivity contribution in [1.82, 2.24) is 15.0 Å². The van der Waals surface area contributed by atoms with Crippen molar-refractivity contribution in [3.63, 3.8) is 0 Å². The van der Waals surface area contributed by atoms with Crippen LogP contribution in [0.1, 0.15) is 30.5 Å². The predicted octanol–water partition coefficient (Wildman–Crippen LogP) is 5.87. The Bertz CT molecular complexity index is 1300. The number of H-pyrrole nitrogens is 1. The molecule has 0 atom stereocenters. The van der Waals surface area contributed by atoms with Crippen molar-refractivity contribution in [3.05, 3.63) is 90.3 Å². The lowest BCUT2D eigenvalue weighted by Gasteiger charge is -2.07. The fourth-order valence-corrected chi connectivity index (χ4v) is 3.59. The molecule has 0 radical (unpaired) electrons. The van der Waals surface area contributed by atoms with Crippen molar-refractivity contribution in [2.45, 2.75) is 20.3 Å². The second-order valence-electron chi connectivity index (χ2n) is 7.31. The summed E-state index contributed by atoms with van der Waals surface area (Å²) in [7, 11) is 0. The van der Waals surface area contributed by atoms with Crippen molar-refractivity contribution < 1.29 is 4.79 Å². The van der Waals surface area contributed by atoms with Crippen molar-refractivity contribution in [3.8, 4) is 11.3 Å². The van der Waals surface area contributed by atoms with E-state index in [1.165, 1.54) is 17.2 Å². The lowest BCUT2D eigenvalue weighted by molar-refractivity contribution is -0.111. The molecule has 31 heavy (non-hydrogen) atoms. The van der Waals surface area contributed by atoms with Gasteiger partial charge < -0.3 is 10.3 Å². The minimum Gasteiger partial charge on any atom is -0.344 e. The third-order valence-electron chi connectivity index (χ3n) is 5.22. The van der Waals surface area contributed by atoms with Crippen LogP contribution in [-0.2, 0) is 11.2 Å². The minimum atomic E-state index is -0.250. The number of nitrogens with zero attached hydrogens (tertiary/aromatic N) is 2. The van der Waals surface area contributed by atoms with Crippen molar-refractivity contribution in [1.29, 1.82) is 0 Å². The van der Waals surface area contributed by atoms with Crippen LogP contribution in [0.3, 0.4) is 0 Å². The Morgan fingerprint density at radius 2 is 2.03 bits per heavy atom. The van der Waals surface area contributed by atoms with Gasteiger partial charge in [0.05, 0.1) is 11.9 Å². The summed E-state index contributed by atoms with van der Waals surface area (Å²) in [6, 6.07) is 16.0. The lowest BCUT2D eigenvalue weighted by atomic mass is 10.0. The highest BCUT2D eigenvalue weighted by molar-refractivity contribution is 5.99. The lowest BCUT2D eigenvalue weighted by Crippen LogP contribution is -2.07. The number of aromatic nitrogens is 3. The maximum Gasteiger partial charge on any atom is 0.247 e. The van der Waals surface area contributed by atoms with Crippen molar-refractivity contribution >= 4 is 34.4 Å². The summed E-state index contributed by atoms with van der Waals surface area (Å²) >= 11 is 0. The third-order valence-corrected chi connectivity index (χ3v) is 5.22. The topological polar surface area (TPSA) is 70.7 Å². The summed E-state index contributed by atoms with van der Waals surface area (Å²) in [6.45, 7) is 7.75. The Kier molecular flexibility index (Phi) is 5.76. The molecule has 2 aromatic heterocycles. The van der Waals surface area contributed by atoms with E-state index >= 15 is 0 Å². The smallest absolute Gasteiger partial charge is 0.247 e. The monoisotopic (exact) mass is 408 g/mol. The third kappa shape index (κ3) is 4.31. The zero-order chi connectivity index (χ0) is 21.8. The van der Waals surface area contributed by atoms with E-state index in [0.29, 0.717) is 5.69 Å². The molecule has 5 heteroatoms. The van der Waals surface area contributed by atoms with Crippen molar-refractivity contribution in [2.24, 2.45) is 0 Å². The number of anilines is 1. The number of benzene rings is 2. The van der Waals surface area contributed by atoms with Gasteiger partial charge in [0.25, 0.3) is 0 Å². The molecule has 1 amide bonds. The Morgan fingerprint density at radius 1 is 1.19 bits per heavy atom. The summed E-state index contributed by atoms with van der Waals surface area (Å²) in [5.74, 6) is -0.250. The first kappa shape index (κ1) is 20.3. The number of aromatic amines is 1. The Morgan fingerprint density at radius 3 is 2.84 bits per heavy atom. The van der Waals surface area contributed by atoms with Gasteiger partial charge in [-0.05, 0) is 48.3 Å². The summed E-state index contributed by atoms with van der Waals surface area (Å²) in [5.41, 5.74) is 8.53. The van der Waals surface area contributed by atoms with E-state index in [0.717, 1.165) is 40.0 Å². The number of hydrogen-bond donors (Lipinski definition) is 2. The number of aryl methyl sites for hydroxylation is 1. The normalized spacial score (nSPS) is 11.5. The molecule has 2 heterocycles. The molecule has 4 aromatic rings. The summed E-state index contributed by atoms with van der Waals surface area (Å²) in [6.07, 6.45) is 8.12. The number of carbonyl (C=O) groups is 1. The van der Waals surface area contributed by atoms with Gasteiger partial charge in [0, 0.05) is 23.0 Å². The average molecular weight is 409 g/mol. The van der Waals surface area contributed by atoms with E-state index in [9.17, 15) is 4.79 Å². The number of nitrogens with one attached hydrogen (secondary N) is 2. The van der Waals surface area contributed by atoms with E-state index in [2.05, 4.69) is 66.1 Å². The van der Waals surface area contributed by atoms with Crippen LogP contribution in [0, 0.1) is 0 Å². The van der Waals surface area contributed by atoms with E-state index in [1.807, 2.05) is 30.5 Å². The molecule has 0 spiro atoms. The van der Waals surface area contributed by atoms with Gasteiger partial charge in [-0.3, -0.25) is 4.79 Å². The zero-order valence-electron chi connectivity index (χ0n) is 17.6. The molecule has 0 aliphatic carbocycles. The second-order valence-corrected chi connectivity index (χ2v) is 7.31. The molecule has 154 valence electrons. The quantitative estimate of drug-likeness (QED) is 0.392. The van der Waals surface area contributed by atoms with E-state index in [1.54, 1.807) is 6.20 Å². The van der Waals surface area contributed by atoms with Gasteiger partial charge in [-0.25, -0.2) is 9.97 Å². The first-order chi connectivity index (χ1) is 15.1. The Balaban J connectivity index is 1.73. The average Bonchev–Trinajstić information content (AvgIpc) is 3.23. The van der Waals surface area contributed by atoms with Gasteiger partial charge in [-0.15, -0.1) is 0 Å². The molecule has 5 nitrogen and oxygen atoms in total. The highest BCUT2D eigenvalue weighted by atomic mass is 16.1. The second kappa shape index (κ2) is 8.79. The van der Waals surface area contributed by atoms with Crippen LogP contribution in [0.2, 0.25) is 0 Å². The molecule has 4 rings (SSSR count). The van der Waals surface area contributed by atoms with E-state index in [-0.39, 0.29) is 5.91 Å². The van der Waals surface area contributed by atoms with Crippen molar-refractivity contribution in [2.75, 3.05) is 5.32 Å². The number of rotatable bonds is 6. The summed E-state index contributed by atoms with van der Waals surface area (Å²) in [5, 5.41) is 2.78. The zero-order valence-corrected chi connectivity index (χ0v) is 17.6. The molecule has 0 saturated heterocycles. The maximum absolute atomic E-state index is 11.6. The Hall–Kier alpha value is -3.99. The van der Waals surface area contributed by atoms with Gasteiger partial charge >= 0.3 is 0 Å². The molecule has 0 unspecified atom stereocenters. The van der Waals surface area contributed by atoms with Crippen LogP contribution in [0.5, 0.6) is 0 Å². The Labute approximate surface area is 181 Å². The maximum atomic E-state index is 11.6. The molecule has 0 saturated carbocycles. The molecule has 2 N–H and O–H groups in total. The summed E-state index contributed by atoms with van der Waals surface area (Å²) < 4.78 is 0. The van der Waals surface area contributed by atoms with Crippen LogP contribution < -0.4 is 5.32 Å². The number of amides is 1. The molecule has 0 fully saturated rings. The van der Waals surface area contributed by atoms with Crippen LogP contribution in [-0.4, -0.2) is 20.9 Å². The molecular formula is C26H24N4O. The highest BCUT2D eigenvalue weighted by Crippen LogP contribution is 2.28. The van der Waals surface area contributed by atoms with E-state index in [4.69, 9.17) is 4.98 Å². The molecule has 0 bridgehead atoms. The van der Waals surface area contributed by atoms with Crippen LogP contribution in [0.15, 0.2) is 73.6 Å². The van der Waals surface area contributed by atoms with Gasteiger partial charge in [0.1, 0.15) is 5.52 Å². The number of fused-ring (bicyclic) bond motifs is 1. The predicted molar refractivity (Wildman–Crippen MR) is 128 cm³/mol. The van der Waals surface area contributed by atoms with Crippen LogP contribution >= 0.6 is 0 Å². The molecule has 2 aromatic carbocycles. The summed E-state index contributed by atoms with van der Waals surface area (Å²) in [4.78, 5) is 24.3. The fourth-order valence-electron chi connectivity index (χ4n) is 3.59. The minimum absolute atomic E-state index is 0.250. The number of allylic oxidation sites excluding steroid dienone is 1. The molecule has 0 aliphatic rings. The first-order valence-corrected chi connectivity index (χ1v) is 10.2. The van der Waals surface area contributed by atoms with E-state index < -0.39 is 0 Å². The van der Waals surface area contributed by atoms with Crippen LogP contribution in [0.4, 0.5) is 5.69 Å². The first-order valence-electron chi connectivity index (χ1n) is 10.2. The number of carbonyl (C=O) groups excluding carboxylic acids is 1. The largest absolute Gasteiger partial charge is 0.344 e. The number of hydrogen-bond acceptors (Lipinski definition) is 3. The standard InChI is InChI=1S/C26H24N4O/c1-4-18-9-6-7-10-19(18)13-17(3)22-15-27-26-25(22)30-23(16-28-26)20-11-8-12-21(14-20)29-24(31)5-2/h5-16H,2,4H2,1,3H3,(H,27,28)(H,29,31)/b17-13+. The highest BCUT2D eigenvalue weighted by Gasteiger charge is 2.11. The SMILES string of the molecule is C=CC(=O)Nc1cccc(-c2cnc3[nH]cc(/C(C)=C/c4ccccc4CC)c3n2)c1. The van der Waals surface area contributed by atoms with Crippen LogP contribution in [0.25, 0.3) is 34.1 Å². The van der Waals surface area contributed by atoms with Gasteiger partial charge in [0.2, 0.25) is 5.91 Å².